The van der Waals surface area contributed by atoms with Gasteiger partial charge in [0.25, 0.3) is 11.5 Å². The number of anilines is 1. The van der Waals surface area contributed by atoms with Crippen LogP contribution in [0.2, 0.25) is 0 Å². The Kier molecular flexibility index (Phi) is 5.44. The fraction of sp³-hybridized carbons (Fsp3) is 0.130. The van der Waals surface area contributed by atoms with Crippen LogP contribution in [0.4, 0.5) is 10.1 Å². The first-order valence-corrected chi connectivity index (χ1v) is 9.63. The predicted octanol–water partition coefficient (Wildman–Crippen LogP) is 3.01. The number of hydrogen-bond donors (Lipinski definition) is 3. The van der Waals surface area contributed by atoms with E-state index in [-0.39, 0.29) is 17.9 Å². The lowest BCUT2D eigenvalue weighted by atomic mass is 9.86. The van der Waals surface area contributed by atoms with Gasteiger partial charge in [-0.2, -0.15) is 5.10 Å². The normalized spacial score (nSPS) is 15.7. The second kappa shape index (κ2) is 8.35. The number of aromatic nitrogens is 2. The number of benzene rings is 2. The molecule has 1 aliphatic heterocycles. The second-order valence-electron chi connectivity index (χ2n) is 7.26. The predicted molar refractivity (Wildman–Crippen MR) is 114 cm³/mol. The first kappa shape index (κ1) is 20.2. The first-order chi connectivity index (χ1) is 14.9. The summed E-state index contributed by atoms with van der Waals surface area (Å²) in [6, 6.07) is 12.7. The minimum Gasteiger partial charge on any atom is -0.332 e. The lowest BCUT2D eigenvalue weighted by Gasteiger charge is -2.24. The Balaban J connectivity index is 1.64. The highest BCUT2D eigenvalue weighted by molar-refractivity contribution is 6.07. The van der Waals surface area contributed by atoms with Gasteiger partial charge in [-0.1, -0.05) is 24.3 Å². The van der Waals surface area contributed by atoms with Gasteiger partial charge in [0, 0.05) is 36.0 Å². The van der Waals surface area contributed by atoms with Crippen LogP contribution in [0.1, 0.15) is 23.5 Å². The molecule has 0 bridgehead atoms. The van der Waals surface area contributed by atoms with Crippen molar-refractivity contribution in [3.05, 3.63) is 93.8 Å². The van der Waals surface area contributed by atoms with E-state index in [1.165, 1.54) is 24.5 Å². The average Bonchev–Trinajstić information content (AvgIpc) is 2.76. The van der Waals surface area contributed by atoms with E-state index in [2.05, 4.69) is 20.8 Å². The number of aromatic amines is 1. The number of amides is 2. The fourth-order valence-electron chi connectivity index (χ4n) is 3.52. The van der Waals surface area contributed by atoms with E-state index < -0.39 is 17.6 Å². The maximum Gasteiger partial charge on any atom is 0.272 e. The van der Waals surface area contributed by atoms with Crippen molar-refractivity contribution in [2.24, 2.45) is 0 Å². The number of H-pyrrole nitrogens is 1. The number of carbonyl (C=O) groups is 2. The third-order valence-electron chi connectivity index (χ3n) is 5.21. The summed E-state index contributed by atoms with van der Waals surface area (Å²) < 4.78 is 13.3. The van der Waals surface area contributed by atoms with Crippen LogP contribution in [-0.2, 0) is 9.59 Å². The first-order valence-electron chi connectivity index (χ1n) is 9.63. The average molecular weight is 418 g/mol. The van der Waals surface area contributed by atoms with Crippen LogP contribution in [0.5, 0.6) is 0 Å². The molecule has 0 aliphatic carbocycles. The summed E-state index contributed by atoms with van der Waals surface area (Å²) >= 11 is 0. The lowest BCUT2D eigenvalue weighted by Crippen LogP contribution is -2.32. The Morgan fingerprint density at radius 3 is 2.65 bits per heavy atom. The van der Waals surface area contributed by atoms with Crippen LogP contribution in [0, 0.1) is 12.7 Å². The molecule has 0 fully saturated rings. The maximum atomic E-state index is 13.3. The molecular weight excluding hydrogens is 399 g/mol. The Bertz CT molecular complexity index is 1250. The second-order valence-corrected chi connectivity index (χ2v) is 7.26. The zero-order valence-electron chi connectivity index (χ0n) is 16.6. The van der Waals surface area contributed by atoms with E-state index in [0.717, 1.165) is 5.56 Å². The van der Waals surface area contributed by atoms with Gasteiger partial charge in [0.2, 0.25) is 5.91 Å². The van der Waals surface area contributed by atoms with Gasteiger partial charge < -0.3 is 10.6 Å². The maximum absolute atomic E-state index is 13.3. The molecule has 3 N–H and O–H groups in total. The number of nitrogens with zero attached hydrogens (tertiary/aromatic N) is 1. The highest BCUT2D eigenvalue weighted by Crippen LogP contribution is 2.32. The Morgan fingerprint density at radius 1 is 1.13 bits per heavy atom. The highest BCUT2D eigenvalue weighted by Gasteiger charge is 2.29. The summed E-state index contributed by atoms with van der Waals surface area (Å²) in [6.45, 7) is 1.84. The number of aryl methyl sites for hydroxylation is 1. The molecule has 156 valence electrons. The zero-order chi connectivity index (χ0) is 22.0. The van der Waals surface area contributed by atoms with Crippen molar-refractivity contribution < 1.29 is 14.0 Å². The minimum absolute atomic E-state index is 0.0797. The number of halogens is 1. The number of nitrogens with one attached hydrogen (secondary N) is 3. The molecule has 1 aliphatic rings. The van der Waals surface area contributed by atoms with Gasteiger partial charge in [-0.05, 0) is 47.9 Å². The van der Waals surface area contributed by atoms with Crippen LogP contribution in [-0.4, -0.2) is 22.0 Å². The SMILES string of the molecule is Cc1ccc(-c2ccn[nH]c2=O)cc1NC(=O)C1=CNC(=O)CC1c1ccc(F)cc1. The van der Waals surface area contributed by atoms with E-state index in [4.69, 9.17) is 0 Å². The molecule has 3 aromatic rings. The van der Waals surface area contributed by atoms with Crippen molar-refractivity contribution in [2.75, 3.05) is 5.32 Å². The zero-order valence-corrected chi connectivity index (χ0v) is 16.6. The van der Waals surface area contributed by atoms with E-state index in [9.17, 15) is 18.8 Å². The van der Waals surface area contributed by atoms with Crippen molar-refractivity contribution in [1.82, 2.24) is 15.5 Å². The summed E-state index contributed by atoms with van der Waals surface area (Å²) in [7, 11) is 0. The molecule has 2 aromatic carbocycles. The van der Waals surface area contributed by atoms with Crippen molar-refractivity contribution in [2.45, 2.75) is 19.3 Å². The largest absolute Gasteiger partial charge is 0.332 e. The van der Waals surface area contributed by atoms with Crippen LogP contribution >= 0.6 is 0 Å². The van der Waals surface area contributed by atoms with Crippen molar-refractivity contribution in [3.63, 3.8) is 0 Å². The van der Waals surface area contributed by atoms with E-state index in [0.29, 0.717) is 28.0 Å². The molecule has 0 saturated heterocycles. The number of hydrogen-bond acceptors (Lipinski definition) is 4. The standard InChI is InChI=1S/C23H19FN4O3/c1-13-2-3-15(17-8-9-26-28-23(17)31)10-20(13)27-22(30)19-12-25-21(29)11-18(19)14-4-6-16(24)7-5-14/h2-10,12,18H,11H2,1H3,(H,25,29)(H,27,30)(H,28,31). The molecule has 8 heteroatoms. The Hall–Kier alpha value is -4.07. The monoisotopic (exact) mass is 418 g/mol. The van der Waals surface area contributed by atoms with Gasteiger partial charge in [0.15, 0.2) is 0 Å². The molecule has 2 heterocycles. The van der Waals surface area contributed by atoms with Gasteiger partial charge in [-0.15, -0.1) is 0 Å². The summed E-state index contributed by atoms with van der Waals surface area (Å²) in [5.74, 6) is -1.50. The molecule has 1 unspecified atom stereocenters. The van der Waals surface area contributed by atoms with Gasteiger partial charge >= 0.3 is 0 Å². The quantitative estimate of drug-likeness (QED) is 0.606. The summed E-state index contributed by atoms with van der Waals surface area (Å²) in [5.41, 5.74) is 3.10. The van der Waals surface area contributed by atoms with Gasteiger partial charge in [0.1, 0.15) is 5.82 Å². The van der Waals surface area contributed by atoms with Crippen molar-refractivity contribution >= 4 is 17.5 Å². The van der Waals surface area contributed by atoms with E-state index in [1.54, 1.807) is 36.4 Å². The van der Waals surface area contributed by atoms with E-state index in [1.807, 2.05) is 6.92 Å². The molecule has 7 nitrogen and oxygen atoms in total. The summed E-state index contributed by atoms with van der Waals surface area (Å²) in [4.78, 5) is 37.1. The lowest BCUT2D eigenvalue weighted by molar-refractivity contribution is -0.121. The van der Waals surface area contributed by atoms with Crippen molar-refractivity contribution in [1.29, 1.82) is 0 Å². The van der Waals surface area contributed by atoms with E-state index >= 15 is 0 Å². The Morgan fingerprint density at radius 2 is 1.90 bits per heavy atom. The molecule has 2 amide bonds. The number of carbonyl (C=O) groups excluding carboxylic acids is 2. The third kappa shape index (κ3) is 4.28. The van der Waals surface area contributed by atoms with Crippen LogP contribution in [0.25, 0.3) is 11.1 Å². The van der Waals surface area contributed by atoms with Gasteiger partial charge in [-0.3, -0.25) is 14.4 Å². The third-order valence-corrected chi connectivity index (χ3v) is 5.21. The Labute approximate surface area is 177 Å². The van der Waals surface area contributed by atoms with Crippen molar-refractivity contribution in [3.8, 4) is 11.1 Å². The van der Waals surface area contributed by atoms with Crippen LogP contribution in [0.15, 0.2) is 71.3 Å². The molecule has 1 atom stereocenters. The fourth-order valence-corrected chi connectivity index (χ4v) is 3.52. The van der Waals surface area contributed by atoms with Gasteiger partial charge in [-0.25, -0.2) is 9.49 Å². The molecule has 0 radical (unpaired) electrons. The number of rotatable bonds is 4. The molecular formula is C23H19FN4O3. The van der Waals surface area contributed by atoms with Crippen LogP contribution in [0.3, 0.4) is 0 Å². The smallest absolute Gasteiger partial charge is 0.272 e. The molecule has 31 heavy (non-hydrogen) atoms. The molecule has 1 aromatic heterocycles. The van der Waals surface area contributed by atoms with Crippen LogP contribution < -0.4 is 16.2 Å². The molecule has 0 saturated carbocycles. The summed E-state index contributed by atoms with van der Waals surface area (Å²) in [6.07, 6.45) is 2.95. The minimum atomic E-state index is -0.499. The topological polar surface area (TPSA) is 104 Å². The van der Waals surface area contributed by atoms with Gasteiger partial charge in [0.05, 0.1) is 5.56 Å². The molecule has 0 spiro atoms. The highest BCUT2D eigenvalue weighted by atomic mass is 19.1. The molecule has 4 rings (SSSR count). The summed E-state index contributed by atoms with van der Waals surface area (Å²) in [5, 5.41) is 11.5.